The van der Waals surface area contributed by atoms with Crippen molar-refractivity contribution in [2.75, 3.05) is 20.3 Å². The molecule has 7 amide bonds. The second kappa shape index (κ2) is 30.0. The summed E-state index contributed by atoms with van der Waals surface area (Å²) in [5, 5.41) is 22.0. The standard InChI is InChI=1S/C72H84N12O9/c1-71(2,92-5)30-32-93-72(3,4)38-65(86)74-31-18-6-7-29-64(85)80-60(34-45-40-76-55-25-14-9-20-50(45)55)67(88)82-62(36-47-42-78-57-27-16-11-22-52(47)57)69(90)84-63(37-48-43-79-58-28-17-12-23-53(48)58)70(91)83-61(35-46-41-77-56-26-15-10-21-51(46)56)68(89)81-59(66(73)87)33-44-39-75-54-24-13-8-19-49(44)54/h8-17,19-28,39-43,59-63,75-79H,6-7,18,29-38H2,1-5H3,(H2,73,87)(H,74,86)(H,80,85)(H,81,89)(H,82,88)(H,83,91)(H,84,90). The van der Waals surface area contributed by atoms with E-state index in [1.807, 2.05) is 149 Å². The number of fused-ring (bicyclic) bond motifs is 5. The molecule has 486 valence electrons. The molecule has 93 heavy (non-hydrogen) atoms. The molecule has 0 spiro atoms. The number of nitrogens with two attached hydrogens (primary N) is 1. The van der Waals surface area contributed by atoms with Gasteiger partial charge in [0.2, 0.25) is 41.4 Å². The molecule has 0 radical (unpaired) electrons. The van der Waals surface area contributed by atoms with E-state index in [0.29, 0.717) is 55.5 Å². The molecular weight excluding hydrogens is 1180 g/mol. The Morgan fingerprint density at radius 3 is 1.09 bits per heavy atom. The first-order chi connectivity index (χ1) is 44.8. The number of nitrogens with one attached hydrogen (secondary N) is 11. The highest BCUT2D eigenvalue weighted by atomic mass is 16.5. The molecule has 10 rings (SSSR count). The Labute approximate surface area is 539 Å². The predicted molar refractivity (Wildman–Crippen MR) is 361 cm³/mol. The van der Waals surface area contributed by atoms with Gasteiger partial charge in [0.15, 0.2) is 0 Å². The van der Waals surface area contributed by atoms with E-state index in [-0.39, 0.29) is 62.4 Å². The van der Waals surface area contributed by atoms with Crippen LogP contribution in [0.15, 0.2) is 152 Å². The van der Waals surface area contributed by atoms with E-state index in [2.05, 4.69) is 56.8 Å². The van der Waals surface area contributed by atoms with Gasteiger partial charge in [-0.1, -0.05) is 97.4 Å². The first-order valence-electron chi connectivity index (χ1n) is 31.8. The highest BCUT2D eigenvalue weighted by Crippen LogP contribution is 2.26. The van der Waals surface area contributed by atoms with Crippen molar-refractivity contribution in [3.63, 3.8) is 0 Å². The van der Waals surface area contributed by atoms with Gasteiger partial charge in [-0.15, -0.1) is 0 Å². The van der Waals surface area contributed by atoms with Gasteiger partial charge in [-0.2, -0.15) is 0 Å². The first-order valence-corrected chi connectivity index (χ1v) is 31.8. The summed E-state index contributed by atoms with van der Waals surface area (Å²) in [4.78, 5) is 117. The highest BCUT2D eigenvalue weighted by Gasteiger charge is 2.35. The van der Waals surface area contributed by atoms with Crippen molar-refractivity contribution in [1.29, 1.82) is 0 Å². The summed E-state index contributed by atoms with van der Waals surface area (Å²) < 4.78 is 11.5. The van der Waals surface area contributed by atoms with Crippen molar-refractivity contribution in [1.82, 2.24) is 56.8 Å². The number of aromatic amines is 5. The summed E-state index contributed by atoms with van der Waals surface area (Å²) in [6.45, 7) is 8.59. The molecule has 0 aliphatic rings. The van der Waals surface area contributed by atoms with Crippen LogP contribution in [0.3, 0.4) is 0 Å². The van der Waals surface area contributed by atoms with Crippen molar-refractivity contribution in [3.8, 4) is 0 Å². The number of carbonyl (C=O) groups is 7. The van der Waals surface area contributed by atoms with E-state index in [1.165, 1.54) is 0 Å². The molecule has 13 N–H and O–H groups in total. The topological polar surface area (TPSA) is 315 Å². The van der Waals surface area contributed by atoms with Gasteiger partial charge in [-0.05, 0) is 105 Å². The predicted octanol–water partition coefficient (Wildman–Crippen LogP) is 8.19. The number of H-pyrrole nitrogens is 5. The molecule has 5 aromatic heterocycles. The van der Waals surface area contributed by atoms with Crippen molar-refractivity contribution in [3.05, 3.63) is 180 Å². The number of ether oxygens (including phenoxy) is 2. The van der Waals surface area contributed by atoms with Crippen LogP contribution in [-0.2, 0) is 75.1 Å². The second-order valence-corrected chi connectivity index (χ2v) is 25.2. The molecular formula is C72H84N12O9. The Kier molecular flexibility index (Phi) is 21.3. The summed E-state index contributed by atoms with van der Waals surface area (Å²) in [5.74, 6) is -4.07. The van der Waals surface area contributed by atoms with Crippen molar-refractivity contribution >= 4 is 95.9 Å². The minimum atomic E-state index is -1.37. The minimum absolute atomic E-state index is 0.0285. The zero-order valence-electron chi connectivity index (χ0n) is 53.3. The average Bonchev–Trinajstić information content (AvgIpc) is 1.79. The largest absolute Gasteiger partial charge is 0.379 e. The van der Waals surface area contributed by atoms with Crippen LogP contribution in [0, 0.1) is 0 Å². The number of unbranched alkanes of at least 4 members (excludes halogenated alkanes) is 2. The fourth-order valence-electron chi connectivity index (χ4n) is 12.0. The average molecular weight is 1260 g/mol. The normalized spacial score (nSPS) is 13.6. The van der Waals surface area contributed by atoms with Gasteiger partial charge in [0.05, 0.1) is 24.2 Å². The molecule has 10 aromatic rings. The Bertz CT molecular complexity index is 4260. The number of benzene rings is 5. The van der Waals surface area contributed by atoms with Crippen LogP contribution in [0.2, 0.25) is 0 Å². The molecule has 0 aliphatic heterocycles. The highest BCUT2D eigenvalue weighted by molar-refractivity contribution is 5.99. The van der Waals surface area contributed by atoms with Crippen LogP contribution >= 0.6 is 0 Å². The van der Waals surface area contributed by atoms with Gasteiger partial charge in [0.1, 0.15) is 30.2 Å². The third-order valence-corrected chi connectivity index (χ3v) is 17.4. The summed E-state index contributed by atoms with van der Waals surface area (Å²) in [6, 6.07) is 31.5. The lowest BCUT2D eigenvalue weighted by Gasteiger charge is -2.28. The van der Waals surface area contributed by atoms with Crippen LogP contribution < -0.4 is 37.6 Å². The SMILES string of the molecule is COC(C)(C)CCOC(C)(C)CC(=O)NCCCCCC(=O)NC(Cc1c[nH]c2ccccc12)C(=O)NC(Cc1c[nH]c2ccccc12)C(=O)NC(Cc1c[nH]c2ccccc12)C(=O)NC(Cc1c[nH]c2ccccc12)C(=O)NC(Cc1c[nH]c2ccccc12)C(N)=O. The van der Waals surface area contributed by atoms with Crippen molar-refractivity contribution in [2.45, 2.75) is 140 Å². The number of primary amides is 1. The quantitative estimate of drug-likeness (QED) is 0.0176. The van der Waals surface area contributed by atoms with E-state index >= 15 is 14.4 Å². The maximum absolute atomic E-state index is 15.5. The lowest BCUT2D eigenvalue weighted by Crippen LogP contribution is -2.60. The van der Waals surface area contributed by atoms with Crippen LogP contribution in [-0.4, -0.2) is 128 Å². The monoisotopic (exact) mass is 1260 g/mol. The number of aromatic nitrogens is 5. The molecule has 21 heteroatoms. The number of hydrogen-bond donors (Lipinski definition) is 12. The number of para-hydroxylation sites is 5. The molecule has 5 unspecified atom stereocenters. The van der Waals surface area contributed by atoms with Gasteiger partial charge in [-0.3, -0.25) is 33.6 Å². The van der Waals surface area contributed by atoms with Gasteiger partial charge in [-0.25, -0.2) is 0 Å². The van der Waals surface area contributed by atoms with Crippen LogP contribution in [0.5, 0.6) is 0 Å². The van der Waals surface area contributed by atoms with Crippen molar-refractivity contribution in [2.24, 2.45) is 5.73 Å². The molecule has 0 fully saturated rings. The number of methoxy groups -OCH3 is 1. The zero-order chi connectivity index (χ0) is 65.7. The Hall–Kier alpha value is -9.99. The molecule has 0 saturated carbocycles. The number of carbonyl (C=O) groups excluding carboxylic acids is 7. The Balaban J connectivity index is 0.892. The first kappa shape index (κ1) is 65.9. The lowest BCUT2D eigenvalue weighted by atomic mass is 9.99. The van der Waals surface area contributed by atoms with Gasteiger partial charge >= 0.3 is 0 Å². The number of rotatable bonds is 33. The van der Waals surface area contributed by atoms with Crippen LogP contribution in [0.25, 0.3) is 54.5 Å². The summed E-state index contributed by atoms with van der Waals surface area (Å²) in [7, 11) is 1.66. The van der Waals surface area contributed by atoms with E-state index in [0.717, 1.165) is 65.6 Å². The van der Waals surface area contributed by atoms with Gasteiger partial charge < -0.3 is 72.0 Å². The zero-order valence-corrected chi connectivity index (χ0v) is 53.3. The molecule has 0 bridgehead atoms. The lowest BCUT2D eigenvalue weighted by molar-refractivity contribution is -0.135. The Morgan fingerprint density at radius 2 is 0.742 bits per heavy atom. The van der Waals surface area contributed by atoms with Gasteiger partial charge in [0.25, 0.3) is 0 Å². The molecule has 0 aliphatic carbocycles. The fraction of sp³-hybridized carbons (Fsp3) is 0.347. The molecule has 0 saturated heterocycles. The third-order valence-electron chi connectivity index (χ3n) is 17.4. The van der Waals surface area contributed by atoms with Crippen LogP contribution in [0.1, 0.15) is 94.0 Å². The van der Waals surface area contributed by atoms with E-state index in [1.54, 1.807) is 38.1 Å². The maximum atomic E-state index is 15.5. The van der Waals surface area contributed by atoms with Gasteiger partial charge in [0, 0.05) is 138 Å². The smallest absolute Gasteiger partial charge is 0.243 e. The van der Waals surface area contributed by atoms with Crippen LogP contribution in [0.4, 0.5) is 0 Å². The molecule has 5 atom stereocenters. The third kappa shape index (κ3) is 17.1. The number of amides is 7. The minimum Gasteiger partial charge on any atom is -0.379 e. The molecule has 5 heterocycles. The fourth-order valence-corrected chi connectivity index (χ4v) is 12.0. The van der Waals surface area contributed by atoms with E-state index < -0.39 is 65.3 Å². The molecule has 5 aromatic carbocycles. The Morgan fingerprint density at radius 1 is 0.419 bits per heavy atom. The molecule has 21 nitrogen and oxygen atoms in total. The summed E-state index contributed by atoms with van der Waals surface area (Å²) in [5.41, 5.74) is 12.7. The summed E-state index contributed by atoms with van der Waals surface area (Å²) in [6.07, 6.45) is 11.5. The second-order valence-electron chi connectivity index (χ2n) is 25.2. The number of hydrogen-bond acceptors (Lipinski definition) is 9. The van der Waals surface area contributed by atoms with Crippen molar-refractivity contribution < 1.29 is 43.0 Å². The van der Waals surface area contributed by atoms with E-state index in [4.69, 9.17) is 15.2 Å². The summed E-state index contributed by atoms with van der Waals surface area (Å²) >= 11 is 0. The van der Waals surface area contributed by atoms with E-state index in [9.17, 15) is 19.2 Å². The maximum Gasteiger partial charge on any atom is 0.243 e.